The highest BCUT2D eigenvalue weighted by atomic mass is 35.5. The molecule has 0 spiro atoms. The predicted octanol–water partition coefficient (Wildman–Crippen LogP) is 3.97. The number of hydrogen-bond acceptors (Lipinski definition) is 4. The minimum absolute atomic E-state index is 0.0388. The molecule has 2 aromatic carbocycles. The molecule has 7 heteroatoms. The van der Waals surface area contributed by atoms with Crippen molar-refractivity contribution in [3.63, 3.8) is 0 Å². The Hall–Kier alpha value is -2.86. The van der Waals surface area contributed by atoms with Gasteiger partial charge in [0.2, 0.25) is 0 Å². The molecule has 2 rings (SSSR count). The van der Waals surface area contributed by atoms with Gasteiger partial charge in [-0.2, -0.15) is 0 Å². The number of benzene rings is 2. The molecule has 6 nitrogen and oxygen atoms in total. The van der Waals surface area contributed by atoms with Gasteiger partial charge in [-0.1, -0.05) is 55.8 Å². The summed E-state index contributed by atoms with van der Waals surface area (Å²) in [7, 11) is 0. The normalized spacial score (nSPS) is 11.6. The number of urea groups is 1. The lowest BCUT2D eigenvalue weighted by molar-refractivity contribution is -0.150. The number of anilines is 1. The lowest BCUT2D eigenvalue weighted by Crippen LogP contribution is -2.37. The zero-order chi connectivity index (χ0) is 19.8. The molecule has 0 unspecified atom stereocenters. The first kappa shape index (κ1) is 20.5. The Bertz CT molecular complexity index is 791. The van der Waals surface area contributed by atoms with Crippen LogP contribution in [-0.4, -0.2) is 24.5 Å². The van der Waals surface area contributed by atoms with Gasteiger partial charge < -0.3 is 10.1 Å². The predicted molar refractivity (Wildman–Crippen MR) is 104 cm³/mol. The standard InChI is InChI=1S/C20H21ClN2O4/c1-13(2)18(14-8-10-15(21)11-9-14)19(25)27-12-17(24)23-20(26)22-16-6-4-3-5-7-16/h3-11,13,18H,12H2,1-2H3,(H2,22,23,24,26)/t18-/m1/s1. The van der Waals surface area contributed by atoms with Crippen molar-refractivity contribution < 1.29 is 19.1 Å². The number of imide groups is 1. The van der Waals surface area contributed by atoms with Crippen LogP contribution in [0.4, 0.5) is 10.5 Å². The Morgan fingerprint density at radius 1 is 1.00 bits per heavy atom. The number of ether oxygens (including phenoxy) is 1. The van der Waals surface area contributed by atoms with Crippen molar-refractivity contribution in [3.05, 3.63) is 65.2 Å². The maximum Gasteiger partial charge on any atom is 0.325 e. The summed E-state index contributed by atoms with van der Waals surface area (Å²) in [6.07, 6.45) is 0. The van der Waals surface area contributed by atoms with Crippen molar-refractivity contribution in [2.24, 2.45) is 5.92 Å². The fourth-order valence-corrected chi connectivity index (χ4v) is 2.66. The van der Waals surface area contributed by atoms with Crippen molar-refractivity contribution in [2.75, 3.05) is 11.9 Å². The number of rotatable bonds is 6. The van der Waals surface area contributed by atoms with Crippen molar-refractivity contribution in [2.45, 2.75) is 19.8 Å². The summed E-state index contributed by atoms with van der Waals surface area (Å²) in [5, 5.41) is 5.19. The average molecular weight is 389 g/mol. The number of carbonyl (C=O) groups excluding carboxylic acids is 3. The van der Waals surface area contributed by atoms with E-state index in [1.54, 1.807) is 54.6 Å². The van der Waals surface area contributed by atoms with E-state index in [0.717, 1.165) is 5.56 Å². The van der Waals surface area contributed by atoms with E-state index in [9.17, 15) is 14.4 Å². The second kappa shape index (κ2) is 9.73. The second-order valence-corrected chi connectivity index (χ2v) is 6.69. The summed E-state index contributed by atoms with van der Waals surface area (Å²) in [6.45, 7) is 3.22. The SMILES string of the molecule is CC(C)[C@@H](C(=O)OCC(=O)NC(=O)Nc1ccccc1)c1ccc(Cl)cc1. The molecular weight excluding hydrogens is 368 g/mol. The number of hydrogen-bond donors (Lipinski definition) is 2. The molecule has 0 aliphatic heterocycles. The third kappa shape index (κ3) is 6.42. The smallest absolute Gasteiger partial charge is 0.325 e. The lowest BCUT2D eigenvalue weighted by atomic mass is 9.88. The van der Waals surface area contributed by atoms with Gasteiger partial charge in [0.05, 0.1) is 5.92 Å². The maximum absolute atomic E-state index is 12.4. The molecule has 0 aliphatic rings. The van der Waals surface area contributed by atoms with E-state index in [0.29, 0.717) is 10.7 Å². The molecule has 0 aliphatic carbocycles. The first-order valence-electron chi connectivity index (χ1n) is 8.45. The molecule has 142 valence electrons. The van der Waals surface area contributed by atoms with Gasteiger partial charge >= 0.3 is 12.0 Å². The van der Waals surface area contributed by atoms with Gasteiger partial charge in [0.1, 0.15) is 0 Å². The van der Waals surface area contributed by atoms with Crippen LogP contribution in [0.2, 0.25) is 5.02 Å². The summed E-state index contributed by atoms with van der Waals surface area (Å²) >= 11 is 5.88. The van der Waals surface area contributed by atoms with Gasteiger partial charge in [0.25, 0.3) is 5.91 Å². The first-order chi connectivity index (χ1) is 12.9. The van der Waals surface area contributed by atoms with Crippen LogP contribution in [0, 0.1) is 5.92 Å². The largest absolute Gasteiger partial charge is 0.455 e. The van der Waals surface area contributed by atoms with Crippen LogP contribution in [0.1, 0.15) is 25.3 Å². The van der Waals surface area contributed by atoms with E-state index < -0.39 is 30.4 Å². The van der Waals surface area contributed by atoms with Gasteiger partial charge in [-0.3, -0.25) is 14.9 Å². The minimum atomic E-state index is -0.713. The highest BCUT2D eigenvalue weighted by Crippen LogP contribution is 2.27. The number of halogens is 1. The zero-order valence-corrected chi connectivity index (χ0v) is 15.8. The molecule has 1 atom stereocenters. The van der Waals surface area contributed by atoms with E-state index in [-0.39, 0.29) is 5.92 Å². The third-order valence-corrected chi connectivity index (χ3v) is 4.03. The Labute approximate surface area is 162 Å². The molecule has 0 saturated heterocycles. The number of para-hydroxylation sites is 1. The third-order valence-electron chi connectivity index (χ3n) is 3.78. The fraction of sp³-hybridized carbons (Fsp3) is 0.250. The lowest BCUT2D eigenvalue weighted by Gasteiger charge is -2.19. The average Bonchev–Trinajstić information content (AvgIpc) is 2.62. The molecule has 3 amide bonds. The molecule has 0 fully saturated rings. The van der Waals surface area contributed by atoms with Gasteiger partial charge in [0.15, 0.2) is 6.61 Å². The van der Waals surface area contributed by atoms with Gasteiger partial charge in [-0.15, -0.1) is 0 Å². The summed E-state index contributed by atoms with van der Waals surface area (Å²) in [5.41, 5.74) is 1.30. The molecular formula is C20H21ClN2O4. The van der Waals surface area contributed by atoms with Crippen LogP contribution in [0.5, 0.6) is 0 Å². The maximum atomic E-state index is 12.4. The molecule has 0 bridgehead atoms. The molecule has 0 heterocycles. The molecule has 0 aromatic heterocycles. The van der Waals surface area contributed by atoms with Crippen molar-refractivity contribution in [1.82, 2.24) is 5.32 Å². The topological polar surface area (TPSA) is 84.5 Å². The fourth-order valence-electron chi connectivity index (χ4n) is 2.54. The molecule has 2 N–H and O–H groups in total. The van der Waals surface area contributed by atoms with E-state index in [1.165, 1.54) is 0 Å². The summed E-state index contributed by atoms with van der Waals surface area (Å²) in [6, 6.07) is 14.9. The number of carbonyl (C=O) groups is 3. The van der Waals surface area contributed by atoms with Gasteiger partial charge in [-0.25, -0.2) is 4.79 Å². The summed E-state index contributed by atoms with van der Waals surface area (Å²) in [4.78, 5) is 36.0. The van der Waals surface area contributed by atoms with Gasteiger partial charge in [-0.05, 0) is 35.7 Å². The molecule has 0 saturated carbocycles. The van der Waals surface area contributed by atoms with Crippen molar-refractivity contribution in [3.8, 4) is 0 Å². The monoisotopic (exact) mass is 388 g/mol. The van der Waals surface area contributed by atoms with Crippen LogP contribution in [0.3, 0.4) is 0 Å². The highest BCUT2D eigenvalue weighted by Gasteiger charge is 2.26. The van der Waals surface area contributed by atoms with E-state index in [4.69, 9.17) is 16.3 Å². The molecule has 0 radical (unpaired) electrons. The highest BCUT2D eigenvalue weighted by molar-refractivity contribution is 6.30. The number of nitrogens with one attached hydrogen (secondary N) is 2. The Balaban J connectivity index is 1.87. The van der Waals surface area contributed by atoms with Crippen LogP contribution in [-0.2, 0) is 14.3 Å². The van der Waals surface area contributed by atoms with Gasteiger partial charge in [0, 0.05) is 10.7 Å². The molecule has 2 aromatic rings. The second-order valence-electron chi connectivity index (χ2n) is 6.25. The van der Waals surface area contributed by atoms with Crippen LogP contribution >= 0.6 is 11.6 Å². The van der Waals surface area contributed by atoms with E-state index >= 15 is 0 Å². The summed E-state index contributed by atoms with van der Waals surface area (Å²) in [5.74, 6) is -1.82. The van der Waals surface area contributed by atoms with Crippen LogP contribution in [0.15, 0.2) is 54.6 Å². The number of esters is 1. The van der Waals surface area contributed by atoms with Crippen LogP contribution < -0.4 is 10.6 Å². The Morgan fingerprint density at radius 3 is 2.22 bits per heavy atom. The zero-order valence-electron chi connectivity index (χ0n) is 15.1. The minimum Gasteiger partial charge on any atom is -0.455 e. The Kier molecular flexibility index (Phi) is 7.37. The first-order valence-corrected chi connectivity index (χ1v) is 8.82. The van der Waals surface area contributed by atoms with Crippen molar-refractivity contribution >= 4 is 35.2 Å². The number of amides is 3. The summed E-state index contributed by atoms with van der Waals surface area (Å²) < 4.78 is 5.10. The van der Waals surface area contributed by atoms with E-state index in [2.05, 4.69) is 10.6 Å². The molecule has 27 heavy (non-hydrogen) atoms. The Morgan fingerprint density at radius 2 is 1.63 bits per heavy atom. The van der Waals surface area contributed by atoms with E-state index in [1.807, 2.05) is 13.8 Å². The van der Waals surface area contributed by atoms with Crippen LogP contribution in [0.25, 0.3) is 0 Å². The van der Waals surface area contributed by atoms with Crippen molar-refractivity contribution in [1.29, 1.82) is 0 Å². The quantitative estimate of drug-likeness (QED) is 0.733.